The van der Waals surface area contributed by atoms with Crippen LogP contribution < -0.4 is 5.73 Å². The van der Waals surface area contributed by atoms with Gasteiger partial charge in [-0.15, -0.1) is 0 Å². The number of rotatable bonds is 2. The van der Waals surface area contributed by atoms with Gasteiger partial charge in [-0.2, -0.15) is 5.10 Å². The number of benzene rings is 1. The number of esters is 1. The van der Waals surface area contributed by atoms with Gasteiger partial charge in [-0.1, -0.05) is 12.1 Å². The normalized spacial score (nSPS) is 10.2. The predicted octanol–water partition coefficient (Wildman–Crippen LogP) is 1.38. The average molecular weight is 235 g/mol. The molecule has 17 heavy (non-hydrogen) atoms. The number of ether oxygens (including phenoxy) is 1. The summed E-state index contributed by atoms with van der Waals surface area (Å²) in [6.45, 7) is 0. The molecule has 0 atom stereocenters. The van der Waals surface area contributed by atoms with E-state index in [4.69, 9.17) is 5.73 Å². The molecule has 0 unspecified atom stereocenters. The summed E-state index contributed by atoms with van der Waals surface area (Å²) in [6, 6.07) is 5.95. The van der Waals surface area contributed by atoms with Crippen LogP contribution in [-0.2, 0) is 4.74 Å². The van der Waals surface area contributed by atoms with Crippen LogP contribution in [-0.4, -0.2) is 22.9 Å². The summed E-state index contributed by atoms with van der Waals surface area (Å²) in [7, 11) is 1.22. The van der Waals surface area contributed by atoms with Crippen molar-refractivity contribution in [2.24, 2.45) is 0 Å². The fraction of sp³-hybridized carbons (Fsp3) is 0.0909. The van der Waals surface area contributed by atoms with Crippen LogP contribution in [0.1, 0.15) is 10.5 Å². The molecule has 2 rings (SSSR count). The molecule has 2 N–H and O–H groups in total. The van der Waals surface area contributed by atoms with Gasteiger partial charge in [-0.25, -0.2) is 13.9 Å². The van der Waals surface area contributed by atoms with Crippen molar-refractivity contribution >= 4 is 11.7 Å². The van der Waals surface area contributed by atoms with Gasteiger partial charge >= 0.3 is 5.97 Å². The minimum Gasteiger partial charge on any atom is -0.464 e. The second-order valence-corrected chi connectivity index (χ2v) is 3.30. The quantitative estimate of drug-likeness (QED) is 0.798. The fourth-order valence-corrected chi connectivity index (χ4v) is 1.47. The van der Waals surface area contributed by atoms with Gasteiger partial charge in [0.05, 0.1) is 19.0 Å². The molecule has 0 aliphatic heterocycles. The van der Waals surface area contributed by atoms with Crippen molar-refractivity contribution in [2.45, 2.75) is 0 Å². The highest BCUT2D eigenvalue weighted by atomic mass is 19.1. The van der Waals surface area contributed by atoms with Gasteiger partial charge in [-0.3, -0.25) is 0 Å². The maximum atomic E-state index is 13.6. The largest absolute Gasteiger partial charge is 0.464 e. The van der Waals surface area contributed by atoms with Crippen molar-refractivity contribution in [1.29, 1.82) is 0 Å². The van der Waals surface area contributed by atoms with E-state index in [-0.39, 0.29) is 17.1 Å². The lowest BCUT2D eigenvalue weighted by Gasteiger charge is -2.07. The van der Waals surface area contributed by atoms with E-state index in [0.717, 1.165) is 4.68 Å². The molecule has 5 nitrogen and oxygen atoms in total. The molecular weight excluding hydrogens is 225 g/mol. The van der Waals surface area contributed by atoms with Crippen LogP contribution in [0.5, 0.6) is 0 Å². The summed E-state index contributed by atoms with van der Waals surface area (Å²) in [4.78, 5) is 11.5. The summed E-state index contributed by atoms with van der Waals surface area (Å²) in [5, 5.41) is 3.87. The first-order valence-electron chi connectivity index (χ1n) is 4.82. The summed E-state index contributed by atoms with van der Waals surface area (Å²) < 4.78 is 19.3. The van der Waals surface area contributed by atoms with E-state index < -0.39 is 11.8 Å². The second kappa shape index (κ2) is 4.25. The minimum absolute atomic E-state index is 0.0117. The Kier molecular flexibility index (Phi) is 2.78. The number of methoxy groups -OCH3 is 1. The van der Waals surface area contributed by atoms with Crippen molar-refractivity contribution in [3.63, 3.8) is 0 Å². The van der Waals surface area contributed by atoms with Crippen LogP contribution in [0.4, 0.5) is 10.1 Å². The first-order chi connectivity index (χ1) is 8.15. The lowest BCUT2D eigenvalue weighted by molar-refractivity contribution is 0.0591. The van der Waals surface area contributed by atoms with Crippen molar-refractivity contribution < 1.29 is 13.9 Å². The smallest absolute Gasteiger partial charge is 0.358 e. The lowest BCUT2D eigenvalue weighted by atomic mass is 10.3. The van der Waals surface area contributed by atoms with E-state index in [1.807, 2.05) is 0 Å². The number of hydrogen-bond acceptors (Lipinski definition) is 4. The molecule has 88 valence electrons. The molecule has 0 saturated heterocycles. The SMILES string of the molecule is COC(=O)c1c(N)cnn1-c1ccccc1F. The minimum atomic E-state index is -0.664. The molecule has 0 fully saturated rings. The van der Waals surface area contributed by atoms with Crippen molar-refractivity contribution in [3.05, 3.63) is 42.0 Å². The summed E-state index contributed by atoms with van der Waals surface area (Å²) in [5.41, 5.74) is 5.89. The van der Waals surface area contributed by atoms with Gasteiger partial charge in [0.2, 0.25) is 0 Å². The van der Waals surface area contributed by atoms with Gasteiger partial charge in [0.25, 0.3) is 0 Å². The highest BCUT2D eigenvalue weighted by Gasteiger charge is 2.20. The number of hydrogen-bond donors (Lipinski definition) is 1. The number of carbonyl (C=O) groups is 1. The number of halogens is 1. The van der Waals surface area contributed by atoms with Gasteiger partial charge < -0.3 is 10.5 Å². The number of nitrogen functional groups attached to an aromatic ring is 1. The first-order valence-corrected chi connectivity index (χ1v) is 4.82. The molecule has 1 heterocycles. The lowest BCUT2D eigenvalue weighted by Crippen LogP contribution is -2.13. The Morgan fingerprint density at radius 3 is 2.82 bits per heavy atom. The topological polar surface area (TPSA) is 70.1 Å². The Morgan fingerprint density at radius 1 is 1.47 bits per heavy atom. The predicted molar refractivity (Wildman–Crippen MR) is 59.3 cm³/mol. The molecule has 0 aliphatic carbocycles. The van der Waals surface area contributed by atoms with Crippen molar-refractivity contribution in [3.8, 4) is 5.69 Å². The standard InChI is InChI=1S/C11H10FN3O2/c1-17-11(16)10-8(13)6-14-15(10)9-5-3-2-4-7(9)12/h2-6H,13H2,1H3. The zero-order valence-corrected chi connectivity index (χ0v) is 9.05. The number of nitrogens with two attached hydrogens (primary N) is 1. The monoisotopic (exact) mass is 235 g/mol. The highest BCUT2D eigenvalue weighted by molar-refractivity contribution is 5.93. The molecular formula is C11H10FN3O2. The zero-order valence-electron chi connectivity index (χ0n) is 9.05. The number of carbonyl (C=O) groups excluding carboxylic acids is 1. The van der Waals surface area contributed by atoms with Gasteiger partial charge in [0, 0.05) is 0 Å². The molecule has 1 aromatic carbocycles. The summed E-state index contributed by atoms with van der Waals surface area (Å²) in [5.74, 6) is -1.16. The van der Waals surface area contributed by atoms with Crippen LogP contribution in [0, 0.1) is 5.82 Å². The molecule has 0 saturated carbocycles. The maximum Gasteiger partial charge on any atom is 0.358 e. The van der Waals surface area contributed by atoms with Crippen LogP contribution in [0.3, 0.4) is 0 Å². The zero-order chi connectivity index (χ0) is 12.4. The molecule has 1 aromatic heterocycles. The Bertz CT molecular complexity index is 566. The van der Waals surface area contributed by atoms with Gasteiger partial charge in [0.15, 0.2) is 5.69 Å². The number of aromatic nitrogens is 2. The third kappa shape index (κ3) is 1.84. The Labute approximate surface area is 96.6 Å². The van der Waals surface area contributed by atoms with E-state index in [1.165, 1.54) is 25.4 Å². The van der Waals surface area contributed by atoms with Crippen LogP contribution >= 0.6 is 0 Å². The second-order valence-electron chi connectivity index (χ2n) is 3.30. The molecule has 2 aromatic rings. The molecule has 0 bridgehead atoms. The summed E-state index contributed by atoms with van der Waals surface area (Å²) in [6.07, 6.45) is 1.28. The van der Waals surface area contributed by atoms with E-state index >= 15 is 0 Å². The van der Waals surface area contributed by atoms with E-state index in [1.54, 1.807) is 12.1 Å². The number of nitrogens with zero attached hydrogens (tertiary/aromatic N) is 2. The third-order valence-electron chi connectivity index (χ3n) is 2.26. The van der Waals surface area contributed by atoms with E-state index in [0.29, 0.717) is 0 Å². The van der Waals surface area contributed by atoms with E-state index in [9.17, 15) is 9.18 Å². The van der Waals surface area contributed by atoms with Crippen molar-refractivity contribution in [1.82, 2.24) is 9.78 Å². The Hall–Kier alpha value is -2.37. The Balaban J connectivity index is 2.61. The van der Waals surface area contributed by atoms with E-state index in [2.05, 4.69) is 9.84 Å². The van der Waals surface area contributed by atoms with Crippen LogP contribution in [0.15, 0.2) is 30.5 Å². The average Bonchev–Trinajstić information content (AvgIpc) is 2.71. The number of para-hydroxylation sites is 1. The van der Waals surface area contributed by atoms with Crippen LogP contribution in [0.25, 0.3) is 5.69 Å². The third-order valence-corrected chi connectivity index (χ3v) is 2.26. The first kappa shape index (κ1) is 11.1. The van der Waals surface area contributed by atoms with Gasteiger partial charge in [0.1, 0.15) is 11.5 Å². The Morgan fingerprint density at radius 2 is 2.18 bits per heavy atom. The van der Waals surface area contributed by atoms with Crippen molar-refractivity contribution in [2.75, 3.05) is 12.8 Å². The van der Waals surface area contributed by atoms with Crippen LogP contribution in [0.2, 0.25) is 0 Å². The molecule has 0 spiro atoms. The molecule has 6 heteroatoms. The maximum absolute atomic E-state index is 13.6. The van der Waals surface area contributed by atoms with Gasteiger partial charge in [-0.05, 0) is 12.1 Å². The summed E-state index contributed by atoms with van der Waals surface area (Å²) >= 11 is 0. The number of anilines is 1. The highest BCUT2D eigenvalue weighted by Crippen LogP contribution is 2.19. The fourth-order valence-electron chi connectivity index (χ4n) is 1.47. The molecule has 0 radical (unpaired) electrons. The molecule has 0 aliphatic rings. The molecule has 0 amide bonds.